The van der Waals surface area contributed by atoms with E-state index in [0.29, 0.717) is 12.6 Å². The Bertz CT molecular complexity index is 786. The van der Waals surface area contributed by atoms with Gasteiger partial charge < -0.3 is 15.2 Å². The number of halogens is 5. The zero-order valence-electron chi connectivity index (χ0n) is 16.4. The minimum atomic E-state index is -5.08. The molecule has 0 spiro atoms. The van der Waals surface area contributed by atoms with Crippen molar-refractivity contribution < 1.29 is 41.4 Å². The number of ether oxygens (including phenoxy) is 1. The second-order valence-corrected chi connectivity index (χ2v) is 7.83. The quantitative estimate of drug-likeness (QED) is 0.678. The molecule has 1 amide bonds. The van der Waals surface area contributed by atoms with Gasteiger partial charge in [0.15, 0.2) is 0 Å². The predicted octanol–water partition coefficient (Wildman–Crippen LogP) is 1.97. The van der Waals surface area contributed by atoms with Gasteiger partial charge in [-0.2, -0.15) is 18.3 Å². The number of rotatable bonds is 3. The van der Waals surface area contributed by atoms with Crippen molar-refractivity contribution in [2.75, 3.05) is 19.8 Å². The third-order valence-electron chi connectivity index (χ3n) is 5.51. The maximum Gasteiger partial charge on any atom is 0.490 e. The topological polar surface area (TPSA) is 96.7 Å². The second kappa shape index (κ2) is 9.07. The van der Waals surface area contributed by atoms with Gasteiger partial charge >= 0.3 is 12.1 Å². The minimum absolute atomic E-state index is 0.211. The molecule has 3 aliphatic rings. The third kappa shape index (κ3) is 5.91. The molecule has 8 nitrogen and oxygen atoms in total. The monoisotopic (exact) mass is 454 g/mol. The lowest BCUT2D eigenvalue weighted by Crippen LogP contribution is -2.55. The van der Waals surface area contributed by atoms with Crippen molar-refractivity contribution in [2.24, 2.45) is 0 Å². The highest BCUT2D eigenvalue weighted by atomic mass is 19.4. The Balaban J connectivity index is 0.000000339. The number of amides is 1. The zero-order chi connectivity index (χ0) is 22.8. The van der Waals surface area contributed by atoms with E-state index in [1.807, 2.05) is 6.07 Å². The molecule has 1 saturated carbocycles. The van der Waals surface area contributed by atoms with Crippen molar-refractivity contribution in [3.63, 3.8) is 0 Å². The molecule has 174 valence electrons. The van der Waals surface area contributed by atoms with E-state index in [9.17, 15) is 26.7 Å². The first-order chi connectivity index (χ1) is 14.5. The largest absolute Gasteiger partial charge is 0.490 e. The Morgan fingerprint density at radius 2 is 1.84 bits per heavy atom. The number of nitrogens with one attached hydrogen (secondary N) is 1. The van der Waals surface area contributed by atoms with Crippen LogP contribution in [-0.2, 0) is 20.9 Å². The van der Waals surface area contributed by atoms with Gasteiger partial charge in [0.2, 0.25) is 5.91 Å². The first-order valence-electron chi connectivity index (χ1n) is 9.79. The van der Waals surface area contributed by atoms with Crippen molar-refractivity contribution >= 4 is 11.9 Å². The van der Waals surface area contributed by atoms with E-state index in [1.54, 1.807) is 10.9 Å². The van der Waals surface area contributed by atoms with Crippen LogP contribution in [-0.4, -0.2) is 75.6 Å². The molecule has 2 aliphatic heterocycles. The number of carboxylic acid groups (broad SMARTS) is 1. The van der Waals surface area contributed by atoms with Gasteiger partial charge in [-0.3, -0.25) is 14.4 Å². The fourth-order valence-corrected chi connectivity index (χ4v) is 3.90. The molecule has 2 N–H and O–H groups in total. The standard InChI is InChI=1S/C16H22F2N4O2.C2HF3O2/c17-16(18)7-11(8-16)20-15(23)14-10-21(12-2-5-24-6-3-12)9-13-1-4-19-22(13)14;3-2(4,5)1(6)7/h1,4,11-12,14H,2-3,5-10H2,(H,20,23);(H,6,7). The molecule has 13 heteroatoms. The predicted molar refractivity (Wildman–Crippen MR) is 95.3 cm³/mol. The number of aliphatic carboxylic acids is 1. The summed E-state index contributed by atoms with van der Waals surface area (Å²) in [6.07, 6.45) is -2.00. The van der Waals surface area contributed by atoms with Gasteiger partial charge in [0.25, 0.3) is 5.92 Å². The molecule has 4 rings (SSSR count). The summed E-state index contributed by atoms with van der Waals surface area (Å²) in [5, 5.41) is 14.2. The van der Waals surface area contributed by atoms with E-state index in [2.05, 4.69) is 15.3 Å². The van der Waals surface area contributed by atoms with Crippen LogP contribution >= 0.6 is 0 Å². The van der Waals surface area contributed by atoms with Crippen molar-refractivity contribution in [1.82, 2.24) is 20.0 Å². The molecule has 0 radical (unpaired) electrons. The van der Waals surface area contributed by atoms with Gasteiger partial charge in [-0.05, 0) is 18.9 Å². The lowest BCUT2D eigenvalue weighted by Gasteiger charge is -2.41. The molecule has 2 fully saturated rings. The van der Waals surface area contributed by atoms with E-state index in [4.69, 9.17) is 14.6 Å². The summed E-state index contributed by atoms with van der Waals surface area (Å²) in [4.78, 5) is 23.8. The van der Waals surface area contributed by atoms with Crippen molar-refractivity contribution in [2.45, 2.75) is 62.5 Å². The number of carbonyl (C=O) groups excluding carboxylic acids is 1. The first kappa shape index (κ1) is 23.4. The molecule has 1 aromatic heterocycles. The van der Waals surface area contributed by atoms with Crippen LogP contribution in [0.15, 0.2) is 12.3 Å². The Morgan fingerprint density at radius 1 is 1.23 bits per heavy atom. The number of carbonyl (C=O) groups is 2. The molecule has 1 atom stereocenters. The molecule has 1 aromatic rings. The van der Waals surface area contributed by atoms with E-state index in [0.717, 1.165) is 38.3 Å². The fraction of sp³-hybridized carbons (Fsp3) is 0.722. The van der Waals surface area contributed by atoms with Gasteiger partial charge in [-0.15, -0.1) is 0 Å². The van der Waals surface area contributed by atoms with E-state index < -0.39 is 30.2 Å². The van der Waals surface area contributed by atoms with Crippen LogP contribution in [0.3, 0.4) is 0 Å². The van der Waals surface area contributed by atoms with E-state index in [-0.39, 0.29) is 18.7 Å². The highest BCUT2D eigenvalue weighted by Crippen LogP contribution is 2.37. The Labute approximate surface area is 174 Å². The smallest absolute Gasteiger partial charge is 0.475 e. The average molecular weight is 454 g/mol. The molecular formula is C18H23F5N4O4. The summed E-state index contributed by atoms with van der Waals surface area (Å²) >= 11 is 0. The summed E-state index contributed by atoms with van der Waals surface area (Å²) < 4.78 is 64.9. The number of hydrogen-bond acceptors (Lipinski definition) is 5. The third-order valence-corrected chi connectivity index (χ3v) is 5.51. The Kier molecular flexibility index (Phi) is 6.84. The van der Waals surface area contributed by atoms with Gasteiger partial charge in [0, 0.05) is 57.4 Å². The number of alkyl halides is 5. The number of fused-ring (bicyclic) bond motifs is 1. The number of hydrogen-bond donors (Lipinski definition) is 2. The average Bonchev–Trinajstić information content (AvgIpc) is 3.14. The van der Waals surface area contributed by atoms with Crippen molar-refractivity contribution in [1.29, 1.82) is 0 Å². The number of nitrogens with zero attached hydrogens (tertiary/aromatic N) is 3. The van der Waals surface area contributed by atoms with Crippen LogP contribution in [0.4, 0.5) is 22.0 Å². The van der Waals surface area contributed by atoms with Crippen LogP contribution in [0.5, 0.6) is 0 Å². The maximum atomic E-state index is 13.0. The van der Waals surface area contributed by atoms with Gasteiger partial charge in [0.1, 0.15) is 6.04 Å². The molecule has 31 heavy (non-hydrogen) atoms. The van der Waals surface area contributed by atoms with Crippen molar-refractivity contribution in [3.8, 4) is 0 Å². The normalized spacial score (nSPS) is 24.4. The summed E-state index contributed by atoms with van der Waals surface area (Å²) in [5.74, 6) is -5.60. The molecule has 3 heterocycles. The zero-order valence-corrected chi connectivity index (χ0v) is 16.4. The lowest BCUT2D eigenvalue weighted by atomic mass is 9.88. The highest BCUT2D eigenvalue weighted by molar-refractivity contribution is 5.81. The molecule has 1 saturated heterocycles. The molecular weight excluding hydrogens is 431 g/mol. The van der Waals surface area contributed by atoms with Crippen LogP contribution in [0, 0.1) is 0 Å². The van der Waals surface area contributed by atoms with Crippen LogP contribution in [0.25, 0.3) is 0 Å². The molecule has 0 bridgehead atoms. The maximum absolute atomic E-state index is 13.0. The summed E-state index contributed by atoms with van der Waals surface area (Å²) in [6, 6.07) is 1.43. The Hall–Kier alpha value is -2.28. The first-order valence-corrected chi connectivity index (χ1v) is 9.79. The fourth-order valence-electron chi connectivity index (χ4n) is 3.90. The van der Waals surface area contributed by atoms with Crippen LogP contribution in [0.2, 0.25) is 0 Å². The summed E-state index contributed by atoms with van der Waals surface area (Å²) in [7, 11) is 0. The van der Waals surface area contributed by atoms with Gasteiger partial charge in [-0.25, -0.2) is 13.6 Å². The number of aromatic nitrogens is 2. The minimum Gasteiger partial charge on any atom is -0.475 e. The molecule has 0 aromatic carbocycles. The SMILES string of the molecule is O=C(NC1CC(F)(F)C1)C1CN(C2CCOCC2)Cc2ccnn21.O=C(O)C(F)(F)F. The van der Waals surface area contributed by atoms with E-state index in [1.165, 1.54) is 0 Å². The van der Waals surface area contributed by atoms with E-state index >= 15 is 0 Å². The molecule has 1 unspecified atom stereocenters. The number of carboxylic acids is 1. The highest BCUT2D eigenvalue weighted by Gasteiger charge is 2.47. The van der Waals surface area contributed by atoms with Gasteiger partial charge in [-0.1, -0.05) is 0 Å². The molecule has 1 aliphatic carbocycles. The summed E-state index contributed by atoms with van der Waals surface area (Å²) in [6.45, 7) is 2.81. The van der Waals surface area contributed by atoms with Crippen molar-refractivity contribution in [3.05, 3.63) is 18.0 Å². The second-order valence-electron chi connectivity index (χ2n) is 7.83. The lowest BCUT2D eigenvalue weighted by molar-refractivity contribution is -0.192. The Morgan fingerprint density at radius 3 is 2.39 bits per heavy atom. The van der Waals surface area contributed by atoms with Crippen LogP contribution < -0.4 is 5.32 Å². The summed E-state index contributed by atoms with van der Waals surface area (Å²) in [5.41, 5.74) is 0.992. The van der Waals surface area contributed by atoms with Gasteiger partial charge in [0.05, 0.1) is 5.69 Å². The van der Waals surface area contributed by atoms with Crippen LogP contribution in [0.1, 0.15) is 37.4 Å².